The van der Waals surface area contributed by atoms with Gasteiger partial charge in [-0.1, -0.05) is 81.8 Å². The van der Waals surface area contributed by atoms with E-state index in [1.807, 2.05) is 0 Å². The molecule has 0 unspecified atom stereocenters. The number of hydrogen-bond acceptors (Lipinski definition) is 0. The third-order valence-electron chi connectivity index (χ3n) is 12.1. The van der Waals surface area contributed by atoms with Crippen LogP contribution in [0.3, 0.4) is 0 Å². The molecule has 4 heteroatoms. The van der Waals surface area contributed by atoms with E-state index in [-0.39, 0.29) is 0 Å². The second-order valence-corrected chi connectivity index (χ2v) is 28.6. The van der Waals surface area contributed by atoms with Gasteiger partial charge in [-0.15, -0.1) is 0 Å². The van der Waals surface area contributed by atoms with Crippen LogP contribution in [0.25, 0.3) is 0 Å². The number of fused-ring (bicyclic) bond motifs is 10. The molecular formula is C32H56P4. The molecule has 0 amide bonds. The molecule has 8 bridgehead atoms. The van der Waals surface area contributed by atoms with E-state index in [0.717, 1.165) is 0 Å². The van der Waals surface area contributed by atoms with Gasteiger partial charge in [0.1, 0.15) is 0 Å². The van der Waals surface area contributed by atoms with E-state index >= 15 is 0 Å². The maximum atomic E-state index is 1.64. The first kappa shape index (κ1) is 26.6. The van der Waals surface area contributed by atoms with Crippen LogP contribution in [-0.4, -0.2) is 45.3 Å². The van der Waals surface area contributed by atoms with Crippen LogP contribution in [0, 0.1) is 0 Å². The fourth-order valence-electron chi connectivity index (χ4n) is 10.7. The third kappa shape index (κ3) is 5.35. The predicted molar refractivity (Wildman–Crippen MR) is 169 cm³/mol. The lowest BCUT2D eigenvalue weighted by atomic mass is 9.99. The Bertz CT molecular complexity index is 519. The molecule has 0 atom stereocenters. The molecule has 8 saturated heterocycles. The van der Waals surface area contributed by atoms with E-state index in [4.69, 9.17) is 0 Å². The molecular weight excluding hydrogens is 508 g/mol. The lowest BCUT2D eigenvalue weighted by Gasteiger charge is -2.55. The summed E-state index contributed by atoms with van der Waals surface area (Å²) < 4.78 is 0. The zero-order valence-electron chi connectivity index (χ0n) is 23.4. The predicted octanol–water partition coefficient (Wildman–Crippen LogP) is 12.2. The van der Waals surface area contributed by atoms with Crippen molar-refractivity contribution in [3.8, 4) is 0 Å². The largest absolute Gasteiger partial charge is 0.0741 e. The highest BCUT2D eigenvalue weighted by Gasteiger charge is 2.49. The summed E-state index contributed by atoms with van der Waals surface area (Å²) in [6.07, 6.45) is 38.9. The van der Waals surface area contributed by atoms with Crippen molar-refractivity contribution in [3.63, 3.8) is 0 Å². The van der Waals surface area contributed by atoms with Crippen LogP contribution < -0.4 is 0 Å². The van der Waals surface area contributed by atoms with Gasteiger partial charge in [-0.3, -0.25) is 0 Å². The fraction of sp³-hybridized carbons (Fsp3) is 1.00. The molecule has 0 nitrogen and oxygen atoms in total. The van der Waals surface area contributed by atoms with Crippen molar-refractivity contribution < 1.29 is 0 Å². The molecule has 8 aliphatic heterocycles. The van der Waals surface area contributed by atoms with Gasteiger partial charge < -0.3 is 0 Å². The van der Waals surface area contributed by atoms with Gasteiger partial charge in [0, 0.05) is 0 Å². The monoisotopic (exact) mass is 564 g/mol. The van der Waals surface area contributed by atoms with Gasteiger partial charge in [-0.2, -0.15) is 0 Å². The Kier molecular flexibility index (Phi) is 9.09. The lowest BCUT2D eigenvalue weighted by Crippen LogP contribution is -2.32. The Morgan fingerprint density at radius 2 is 0.306 bits per heavy atom. The fourth-order valence-corrected chi connectivity index (χ4v) is 37.8. The molecule has 8 aliphatic rings. The second kappa shape index (κ2) is 12.3. The van der Waals surface area contributed by atoms with Crippen LogP contribution in [-0.2, 0) is 0 Å². The van der Waals surface area contributed by atoms with Crippen LogP contribution in [0.15, 0.2) is 0 Å². The number of hydrogen-bond donors (Lipinski definition) is 0. The van der Waals surface area contributed by atoms with Crippen molar-refractivity contribution >= 4 is 30.4 Å². The normalized spacial score (nSPS) is 52.0. The molecule has 0 aromatic rings. The highest BCUT2D eigenvalue weighted by atomic mass is 32.1. The van der Waals surface area contributed by atoms with Crippen LogP contribution >= 0.6 is 30.4 Å². The summed E-state index contributed by atoms with van der Waals surface area (Å²) in [7, 11) is 2.01. The van der Waals surface area contributed by atoms with Gasteiger partial charge in [-0.05, 0) is 148 Å². The zero-order valence-corrected chi connectivity index (χ0v) is 27.0. The van der Waals surface area contributed by atoms with Crippen LogP contribution in [0.5, 0.6) is 0 Å². The topological polar surface area (TPSA) is 0 Å². The Morgan fingerprint density at radius 1 is 0.194 bits per heavy atom. The minimum atomic E-state index is 0.504. The summed E-state index contributed by atoms with van der Waals surface area (Å²) in [6.45, 7) is 0. The Balaban J connectivity index is 0.000000122. The van der Waals surface area contributed by atoms with Gasteiger partial charge in [-0.25, -0.2) is 0 Å². The van der Waals surface area contributed by atoms with Gasteiger partial charge in [0.25, 0.3) is 0 Å². The molecule has 8 rings (SSSR count). The van der Waals surface area contributed by atoms with Gasteiger partial charge in [0.05, 0.1) is 0 Å². The average Bonchev–Trinajstić information content (AvgIpc) is 2.87. The minimum absolute atomic E-state index is 0.504. The Labute approximate surface area is 229 Å². The summed E-state index contributed by atoms with van der Waals surface area (Å²) in [5.74, 6) is 0. The lowest BCUT2D eigenvalue weighted by molar-refractivity contribution is 0.468. The van der Waals surface area contributed by atoms with Crippen molar-refractivity contribution in [1.82, 2.24) is 0 Å². The van der Waals surface area contributed by atoms with E-state index in [9.17, 15) is 0 Å². The molecule has 0 saturated carbocycles. The second-order valence-electron chi connectivity index (χ2n) is 14.2. The maximum absolute atomic E-state index is 1.64. The molecule has 0 spiro atoms. The summed E-state index contributed by atoms with van der Waals surface area (Å²) in [5, 5.41) is 0. The van der Waals surface area contributed by atoms with Gasteiger partial charge in [0.15, 0.2) is 0 Å². The molecule has 0 aromatic heterocycles. The third-order valence-corrected chi connectivity index (χ3v) is 34.3. The van der Waals surface area contributed by atoms with Crippen LogP contribution in [0.2, 0.25) is 0 Å². The van der Waals surface area contributed by atoms with Crippen LogP contribution in [0.4, 0.5) is 0 Å². The first-order valence-corrected chi connectivity index (χ1v) is 24.3. The highest BCUT2D eigenvalue weighted by Crippen LogP contribution is 2.87. The minimum Gasteiger partial charge on any atom is -0.0741 e. The molecule has 8 fully saturated rings. The molecule has 8 heterocycles. The van der Waals surface area contributed by atoms with Crippen molar-refractivity contribution in [2.75, 3.05) is 0 Å². The smallest absolute Gasteiger partial charge is 0.0168 e. The van der Waals surface area contributed by atoms with Gasteiger partial charge >= 0.3 is 0 Å². The molecule has 0 aliphatic carbocycles. The standard InChI is InChI=1S/2C16H28P2/c2*1-5-13-7-2-8-14(6-1)17(13)18-15-9-3-10-16(18)12-4-11-15/h2*13-16H,1-12H2. The van der Waals surface area contributed by atoms with E-state index in [1.165, 1.54) is 45.3 Å². The van der Waals surface area contributed by atoms with Crippen molar-refractivity contribution in [2.24, 2.45) is 0 Å². The highest BCUT2D eigenvalue weighted by molar-refractivity contribution is 8.31. The first-order chi connectivity index (χ1) is 17.9. The average molecular weight is 565 g/mol. The Hall–Kier alpha value is 1.72. The van der Waals surface area contributed by atoms with Crippen molar-refractivity contribution in [2.45, 2.75) is 199 Å². The molecule has 0 radical (unpaired) electrons. The maximum Gasteiger partial charge on any atom is -0.0168 e. The zero-order chi connectivity index (χ0) is 23.9. The molecule has 36 heavy (non-hydrogen) atoms. The summed E-state index contributed by atoms with van der Waals surface area (Å²) in [6, 6.07) is 0. The molecule has 204 valence electrons. The number of rotatable bonds is 2. The quantitative estimate of drug-likeness (QED) is 0.293. The van der Waals surface area contributed by atoms with Crippen molar-refractivity contribution in [3.05, 3.63) is 0 Å². The van der Waals surface area contributed by atoms with Gasteiger partial charge in [0.2, 0.25) is 0 Å². The van der Waals surface area contributed by atoms with E-state index in [2.05, 4.69) is 0 Å². The molecule has 0 aromatic carbocycles. The summed E-state index contributed by atoms with van der Waals surface area (Å²) >= 11 is 0. The first-order valence-electron chi connectivity index (χ1n) is 17.0. The summed E-state index contributed by atoms with van der Waals surface area (Å²) in [4.78, 5) is 0. The SMILES string of the molecule is C1CC2CCCC(C1)P2P1C2CCCC1CCC2.C1CC2CCCC(C1)P2P1C2CCCC1CCC2. The molecule has 0 N–H and O–H groups in total. The van der Waals surface area contributed by atoms with E-state index in [1.54, 1.807) is 154 Å². The Morgan fingerprint density at radius 3 is 0.417 bits per heavy atom. The van der Waals surface area contributed by atoms with E-state index in [0.29, 0.717) is 30.4 Å². The van der Waals surface area contributed by atoms with E-state index < -0.39 is 0 Å². The summed E-state index contributed by atoms with van der Waals surface area (Å²) in [5.41, 5.74) is 10.00. The van der Waals surface area contributed by atoms with Crippen LogP contribution in [0.1, 0.15) is 154 Å². The van der Waals surface area contributed by atoms with Crippen molar-refractivity contribution in [1.29, 1.82) is 0 Å².